The van der Waals surface area contributed by atoms with Gasteiger partial charge >= 0.3 is 0 Å². The number of ether oxygens (including phenoxy) is 1. The molecule has 0 aliphatic carbocycles. The largest absolute Gasteiger partial charge is 0.495 e. The smallest absolute Gasteiger partial charge is 0.245 e. The minimum absolute atomic E-state index is 0.220. The Morgan fingerprint density at radius 3 is 2.50 bits per heavy atom. The summed E-state index contributed by atoms with van der Waals surface area (Å²) >= 11 is 5.87. The van der Waals surface area contributed by atoms with E-state index in [0.29, 0.717) is 21.1 Å². The van der Waals surface area contributed by atoms with E-state index in [0.717, 1.165) is 18.4 Å². The van der Waals surface area contributed by atoms with Crippen molar-refractivity contribution in [3.8, 4) is 5.75 Å². The molecule has 6 nitrogen and oxygen atoms in total. The van der Waals surface area contributed by atoms with Crippen LogP contribution >= 0.6 is 11.6 Å². The zero-order chi connectivity index (χ0) is 19.5. The molecule has 1 N–H and O–H groups in total. The summed E-state index contributed by atoms with van der Waals surface area (Å²) < 4.78 is 56.6. The molecule has 0 saturated carbocycles. The Morgan fingerprint density at radius 2 is 1.92 bits per heavy atom. The Labute approximate surface area is 154 Å². The van der Waals surface area contributed by atoms with Crippen LogP contribution < -0.4 is 14.4 Å². The second kappa shape index (κ2) is 7.88. The molecule has 0 aromatic heterocycles. The van der Waals surface area contributed by atoms with Gasteiger partial charge in [-0.2, -0.15) is 0 Å². The van der Waals surface area contributed by atoms with Gasteiger partial charge in [0.15, 0.2) is 0 Å². The molecule has 0 atom stereocenters. The number of carbonyl (C=O) groups is 1. The Hall–Kier alpha value is -2.39. The summed E-state index contributed by atoms with van der Waals surface area (Å²) in [6.07, 6.45) is 0.809. The number of hydrogen-bond acceptors (Lipinski definition) is 4. The molecular formula is C16H15ClF2N2O4S. The Balaban J connectivity index is 2.30. The van der Waals surface area contributed by atoms with E-state index in [2.05, 4.69) is 5.32 Å². The topological polar surface area (TPSA) is 75.7 Å². The van der Waals surface area contributed by atoms with Crippen LogP contribution in [0.5, 0.6) is 5.75 Å². The van der Waals surface area contributed by atoms with Crippen LogP contribution in [0.2, 0.25) is 5.02 Å². The monoisotopic (exact) mass is 404 g/mol. The predicted molar refractivity (Wildman–Crippen MR) is 95.2 cm³/mol. The van der Waals surface area contributed by atoms with Crippen LogP contribution in [0.4, 0.5) is 20.2 Å². The van der Waals surface area contributed by atoms with E-state index >= 15 is 0 Å². The fourth-order valence-electron chi connectivity index (χ4n) is 2.16. The third-order valence-electron chi connectivity index (χ3n) is 3.30. The number of anilines is 2. The molecule has 2 aromatic rings. The molecular weight excluding hydrogens is 390 g/mol. The van der Waals surface area contributed by atoms with Crippen molar-refractivity contribution in [1.29, 1.82) is 0 Å². The lowest BCUT2D eigenvalue weighted by Gasteiger charge is -2.22. The van der Waals surface area contributed by atoms with Crippen molar-refractivity contribution in [3.05, 3.63) is 53.1 Å². The maximum Gasteiger partial charge on any atom is 0.245 e. The van der Waals surface area contributed by atoms with E-state index in [1.54, 1.807) is 6.07 Å². The highest BCUT2D eigenvalue weighted by molar-refractivity contribution is 7.92. The minimum Gasteiger partial charge on any atom is -0.495 e. The fourth-order valence-corrected chi connectivity index (χ4v) is 3.19. The number of benzene rings is 2. The number of nitrogens with zero attached hydrogens (tertiary/aromatic N) is 1. The van der Waals surface area contributed by atoms with Gasteiger partial charge in [-0.05, 0) is 30.3 Å². The SMILES string of the molecule is COc1ccc(Cl)cc1NC(=O)CN(c1ccc(F)cc1F)S(C)(=O)=O. The van der Waals surface area contributed by atoms with E-state index in [9.17, 15) is 22.0 Å². The first-order valence-electron chi connectivity index (χ1n) is 7.18. The van der Waals surface area contributed by atoms with Crippen molar-refractivity contribution in [1.82, 2.24) is 0 Å². The number of methoxy groups -OCH3 is 1. The Morgan fingerprint density at radius 1 is 1.23 bits per heavy atom. The summed E-state index contributed by atoms with van der Waals surface area (Å²) in [6, 6.07) is 6.86. The average molecular weight is 405 g/mol. The number of carbonyl (C=O) groups excluding carboxylic acids is 1. The molecule has 2 aromatic carbocycles. The van der Waals surface area contributed by atoms with Crippen LogP contribution in [0.3, 0.4) is 0 Å². The van der Waals surface area contributed by atoms with Crippen LogP contribution in [-0.4, -0.2) is 34.2 Å². The molecule has 0 bridgehead atoms. The zero-order valence-electron chi connectivity index (χ0n) is 13.8. The van der Waals surface area contributed by atoms with Crippen molar-refractivity contribution < 1.29 is 26.7 Å². The summed E-state index contributed by atoms with van der Waals surface area (Å²) in [7, 11) is -2.63. The first-order valence-corrected chi connectivity index (χ1v) is 9.40. The highest BCUT2D eigenvalue weighted by atomic mass is 35.5. The fraction of sp³-hybridized carbons (Fsp3) is 0.188. The van der Waals surface area contributed by atoms with Gasteiger partial charge in [-0.3, -0.25) is 9.10 Å². The van der Waals surface area contributed by atoms with Crippen molar-refractivity contribution in [2.24, 2.45) is 0 Å². The second-order valence-electron chi connectivity index (χ2n) is 5.26. The lowest BCUT2D eigenvalue weighted by Crippen LogP contribution is -2.38. The molecule has 0 aliphatic heterocycles. The highest BCUT2D eigenvalue weighted by Gasteiger charge is 2.24. The molecule has 2 rings (SSSR count). The van der Waals surface area contributed by atoms with E-state index in [1.807, 2.05) is 0 Å². The number of amides is 1. The second-order valence-corrected chi connectivity index (χ2v) is 7.60. The van der Waals surface area contributed by atoms with Crippen LogP contribution in [-0.2, 0) is 14.8 Å². The van der Waals surface area contributed by atoms with Crippen molar-refractivity contribution in [3.63, 3.8) is 0 Å². The van der Waals surface area contributed by atoms with Crippen LogP contribution in [0.25, 0.3) is 0 Å². The molecule has 0 spiro atoms. The Kier molecular flexibility index (Phi) is 6.04. The quantitative estimate of drug-likeness (QED) is 0.803. The van der Waals surface area contributed by atoms with Crippen LogP contribution in [0, 0.1) is 11.6 Å². The molecule has 26 heavy (non-hydrogen) atoms. The normalized spacial score (nSPS) is 11.1. The van der Waals surface area contributed by atoms with E-state index in [1.165, 1.54) is 19.2 Å². The molecule has 140 valence electrons. The van der Waals surface area contributed by atoms with Gasteiger partial charge in [-0.25, -0.2) is 17.2 Å². The van der Waals surface area contributed by atoms with Gasteiger partial charge in [0.25, 0.3) is 0 Å². The zero-order valence-corrected chi connectivity index (χ0v) is 15.4. The maximum absolute atomic E-state index is 14.0. The van der Waals surface area contributed by atoms with Gasteiger partial charge in [0, 0.05) is 11.1 Å². The molecule has 0 heterocycles. The number of nitrogens with one attached hydrogen (secondary N) is 1. The minimum atomic E-state index is -4.01. The van der Waals surface area contributed by atoms with Crippen LogP contribution in [0.15, 0.2) is 36.4 Å². The third kappa shape index (κ3) is 4.83. The number of sulfonamides is 1. The van der Waals surface area contributed by atoms with E-state index in [-0.39, 0.29) is 5.69 Å². The van der Waals surface area contributed by atoms with E-state index < -0.39 is 39.8 Å². The van der Waals surface area contributed by atoms with Crippen molar-refractivity contribution in [2.45, 2.75) is 0 Å². The van der Waals surface area contributed by atoms with Gasteiger partial charge in [0.1, 0.15) is 23.9 Å². The predicted octanol–water partition coefficient (Wildman–Crippen LogP) is 3.03. The van der Waals surface area contributed by atoms with E-state index in [4.69, 9.17) is 16.3 Å². The van der Waals surface area contributed by atoms with Gasteiger partial charge in [-0.1, -0.05) is 11.6 Å². The summed E-state index contributed by atoms with van der Waals surface area (Å²) in [5.74, 6) is -2.43. The summed E-state index contributed by atoms with van der Waals surface area (Å²) in [6.45, 7) is -0.725. The number of halogens is 3. The average Bonchev–Trinajstić information content (AvgIpc) is 2.52. The molecule has 0 fully saturated rings. The summed E-state index contributed by atoms with van der Waals surface area (Å²) in [5, 5.41) is 2.78. The molecule has 0 saturated heterocycles. The van der Waals surface area contributed by atoms with Gasteiger partial charge in [0.05, 0.1) is 24.7 Å². The van der Waals surface area contributed by atoms with Crippen LogP contribution in [0.1, 0.15) is 0 Å². The number of rotatable bonds is 6. The van der Waals surface area contributed by atoms with Gasteiger partial charge < -0.3 is 10.1 Å². The highest BCUT2D eigenvalue weighted by Crippen LogP contribution is 2.28. The first-order chi connectivity index (χ1) is 12.1. The summed E-state index contributed by atoms with van der Waals surface area (Å²) in [5.41, 5.74) is -0.222. The van der Waals surface area contributed by atoms with Crippen molar-refractivity contribution >= 4 is 38.9 Å². The van der Waals surface area contributed by atoms with Crippen molar-refractivity contribution in [2.75, 3.05) is 29.5 Å². The van der Waals surface area contributed by atoms with Gasteiger partial charge in [0.2, 0.25) is 15.9 Å². The molecule has 10 heteroatoms. The molecule has 1 amide bonds. The molecule has 0 unspecified atom stereocenters. The van der Waals surface area contributed by atoms with Gasteiger partial charge in [-0.15, -0.1) is 0 Å². The maximum atomic E-state index is 14.0. The standard InChI is InChI=1S/C16H15ClF2N2O4S/c1-25-15-6-3-10(17)7-13(15)20-16(22)9-21(26(2,23)24)14-5-4-11(18)8-12(14)19/h3-8H,9H2,1-2H3,(H,20,22). The third-order valence-corrected chi connectivity index (χ3v) is 4.66. The Bertz CT molecular complexity index is 938. The first kappa shape index (κ1) is 19.9. The lowest BCUT2D eigenvalue weighted by molar-refractivity contribution is -0.114. The number of hydrogen-bond donors (Lipinski definition) is 1. The molecule has 0 aliphatic rings. The molecule has 0 radical (unpaired) electrons. The lowest BCUT2D eigenvalue weighted by atomic mass is 10.2. The summed E-state index contributed by atoms with van der Waals surface area (Å²) in [4.78, 5) is 12.3.